The Morgan fingerprint density at radius 2 is 1.85 bits per heavy atom. The molecule has 0 saturated carbocycles. The quantitative estimate of drug-likeness (QED) is 0.743. The van der Waals surface area contributed by atoms with Crippen LogP contribution in [0, 0.1) is 0 Å². The van der Waals surface area contributed by atoms with Gasteiger partial charge in [0.05, 0.1) is 5.52 Å². The molecule has 2 heterocycles. The van der Waals surface area contributed by atoms with Crippen LogP contribution in [-0.4, -0.2) is 21.0 Å². The van der Waals surface area contributed by atoms with E-state index in [-0.39, 0.29) is 11.5 Å². The van der Waals surface area contributed by atoms with E-state index >= 15 is 0 Å². The Hall–Kier alpha value is -2.95. The van der Waals surface area contributed by atoms with E-state index < -0.39 is 5.97 Å². The molecule has 5 heteroatoms. The summed E-state index contributed by atoms with van der Waals surface area (Å²) in [7, 11) is 0. The van der Waals surface area contributed by atoms with E-state index in [0.29, 0.717) is 5.56 Å². The Kier molecular flexibility index (Phi) is 2.80. The van der Waals surface area contributed by atoms with Gasteiger partial charge in [-0.25, -0.2) is 9.78 Å². The van der Waals surface area contributed by atoms with Crippen LogP contribution < -0.4 is 5.73 Å². The number of nitrogens with two attached hydrogens (primary N) is 1. The molecule has 0 aliphatic rings. The normalized spacial score (nSPS) is 10.6. The minimum absolute atomic E-state index is 0.0700. The second-order valence-corrected chi connectivity index (χ2v) is 4.32. The third kappa shape index (κ3) is 1.95. The molecule has 0 fully saturated rings. The number of hydrogen-bond acceptors (Lipinski definition) is 4. The van der Waals surface area contributed by atoms with Crippen molar-refractivity contribution in [3.8, 4) is 11.1 Å². The fraction of sp³-hybridized carbons (Fsp3) is 0. The number of carboxylic acids is 1. The molecule has 0 aliphatic carbocycles. The van der Waals surface area contributed by atoms with Crippen LogP contribution in [0.3, 0.4) is 0 Å². The van der Waals surface area contributed by atoms with Crippen LogP contribution in [0.1, 0.15) is 10.5 Å². The summed E-state index contributed by atoms with van der Waals surface area (Å²) in [6.45, 7) is 0. The Morgan fingerprint density at radius 1 is 1.05 bits per heavy atom. The highest BCUT2D eigenvalue weighted by molar-refractivity contribution is 5.96. The molecule has 0 bridgehead atoms. The van der Waals surface area contributed by atoms with Crippen molar-refractivity contribution in [2.75, 3.05) is 5.73 Å². The van der Waals surface area contributed by atoms with Gasteiger partial charge in [-0.1, -0.05) is 24.3 Å². The summed E-state index contributed by atoms with van der Waals surface area (Å²) in [4.78, 5) is 19.1. The fourth-order valence-electron chi connectivity index (χ4n) is 2.14. The van der Waals surface area contributed by atoms with E-state index in [1.54, 1.807) is 12.3 Å². The molecule has 0 spiro atoms. The van der Waals surface area contributed by atoms with Gasteiger partial charge in [-0.15, -0.1) is 0 Å². The van der Waals surface area contributed by atoms with Crippen LogP contribution in [-0.2, 0) is 0 Å². The highest BCUT2D eigenvalue weighted by Gasteiger charge is 2.12. The minimum atomic E-state index is -1.10. The summed E-state index contributed by atoms with van der Waals surface area (Å²) >= 11 is 0. The first-order chi connectivity index (χ1) is 9.66. The van der Waals surface area contributed by atoms with Crippen molar-refractivity contribution in [2.45, 2.75) is 0 Å². The predicted octanol–water partition coefficient (Wildman–Crippen LogP) is 2.58. The largest absolute Gasteiger partial charge is 0.477 e. The first-order valence-corrected chi connectivity index (χ1v) is 6.01. The van der Waals surface area contributed by atoms with Crippen LogP contribution in [0.15, 0.2) is 48.7 Å². The van der Waals surface area contributed by atoms with Crippen LogP contribution >= 0.6 is 0 Å². The summed E-state index contributed by atoms with van der Waals surface area (Å²) in [5, 5.41) is 9.90. The summed E-state index contributed by atoms with van der Waals surface area (Å²) in [6, 6.07) is 12.7. The van der Waals surface area contributed by atoms with Crippen molar-refractivity contribution in [3.05, 3.63) is 54.4 Å². The number of rotatable bonds is 2. The van der Waals surface area contributed by atoms with E-state index in [9.17, 15) is 4.79 Å². The number of carboxylic acid groups (broad SMARTS) is 1. The first-order valence-electron chi connectivity index (χ1n) is 6.01. The number of anilines is 1. The van der Waals surface area contributed by atoms with E-state index in [0.717, 1.165) is 16.5 Å². The lowest BCUT2D eigenvalue weighted by Crippen LogP contribution is -2.04. The lowest BCUT2D eigenvalue weighted by atomic mass is 10.0. The molecule has 0 amide bonds. The molecule has 20 heavy (non-hydrogen) atoms. The topological polar surface area (TPSA) is 89.1 Å². The van der Waals surface area contributed by atoms with Crippen molar-refractivity contribution in [1.82, 2.24) is 9.97 Å². The molecule has 1 aromatic carbocycles. The standard InChI is InChI=1S/C15H11N3O2/c16-14-11(6-7-12(18-14)15(19)20)10-5-1-3-9-4-2-8-17-13(9)10/h1-8H,(H2,16,18)(H,19,20). The maximum Gasteiger partial charge on any atom is 0.354 e. The Balaban J connectivity index is 2.23. The zero-order chi connectivity index (χ0) is 14.1. The van der Waals surface area contributed by atoms with Crippen molar-refractivity contribution in [3.63, 3.8) is 0 Å². The smallest absolute Gasteiger partial charge is 0.354 e. The average Bonchev–Trinajstić information content (AvgIpc) is 2.46. The van der Waals surface area contributed by atoms with Gasteiger partial charge in [0.25, 0.3) is 0 Å². The molecule has 2 aromatic heterocycles. The van der Waals surface area contributed by atoms with Crippen molar-refractivity contribution in [1.29, 1.82) is 0 Å². The van der Waals surface area contributed by atoms with Crippen LogP contribution in [0.25, 0.3) is 22.0 Å². The number of nitrogens with zero attached hydrogens (tertiary/aromatic N) is 2. The average molecular weight is 265 g/mol. The van der Waals surface area contributed by atoms with Gasteiger partial charge >= 0.3 is 5.97 Å². The van der Waals surface area contributed by atoms with Crippen molar-refractivity contribution >= 4 is 22.7 Å². The van der Waals surface area contributed by atoms with Gasteiger partial charge in [0.15, 0.2) is 5.69 Å². The minimum Gasteiger partial charge on any atom is -0.477 e. The van der Waals surface area contributed by atoms with Gasteiger partial charge in [0.2, 0.25) is 0 Å². The Labute approximate surface area is 114 Å². The van der Waals surface area contributed by atoms with E-state index in [4.69, 9.17) is 10.8 Å². The van der Waals surface area contributed by atoms with Crippen LogP contribution in [0.2, 0.25) is 0 Å². The number of carbonyl (C=O) groups is 1. The predicted molar refractivity (Wildman–Crippen MR) is 76.3 cm³/mol. The number of pyridine rings is 2. The lowest BCUT2D eigenvalue weighted by molar-refractivity contribution is 0.0690. The molecule has 0 saturated heterocycles. The molecule has 0 radical (unpaired) electrons. The molecule has 3 aromatic rings. The first kappa shape index (κ1) is 12.1. The van der Waals surface area contributed by atoms with E-state index in [2.05, 4.69) is 9.97 Å². The number of para-hydroxylation sites is 1. The SMILES string of the molecule is Nc1nc(C(=O)O)ccc1-c1cccc2cccnc12. The van der Waals surface area contributed by atoms with Gasteiger partial charge in [-0.05, 0) is 18.2 Å². The van der Waals surface area contributed by atoms with Crippen molar-refractivity contribution < 1.29 is 9.90 Å². The Bertz CT molecular complexity index is 810. The monoisotopic (exact) mass is 265 g/mol. The van der Waals surface area contributed by atoms with Crippen LogP contribution in [0.4, 0.5) is 5.82 Å². The van der Waals surface area contributed by atoms with Crippen LogP contribution in [0.5, 0.6) is 0 Å². The third-order valence-corrected chi connectivity index (χ3v) is 3.07. The number of aromatic nitrogens is 2. The molecule has 0 unspecified atom stereocenters. The second kappa shape index (κ2) is 4.62. The van der Waals surface area contributed by atoms with E-state index in [1.807, 2.05) is 30.3 Å². The van der Waals surface area contributed by atoms with Gasteiger partial charge < -0.3 is 10.8 Å². The number of nitrogen functional groups attached to an aromatic ring is 1. The lowest BCUT2D eigenvalue weighted by Gasteiger charge is -2.08. The van der Waals surface area contributed by atoms with Gasteiger partial charge in [0.1, 0.15) is 5.82 Å². The fourth-order valence-corrected chi connectivity index (χ4v) is 2.14. The number of fused-ring (bicyclic) bond motifs is 1. The van der Waals surface area contributed by atoms with Crippen molar-refractivity contribution in [2.24, 2.45) is 0 Å². The number of aromatic carboxylic acids is 1. The molecule has 0 aliphatic heterocycles. The molecular formula is C15H11N3O2. The molecular weight excluding hydrogens is 254 g/mol. The molecule has 5 nitrogen and oxygen atoms in total. The second-order valence-electron chi connectivity index (χ2n) is 4.32. The Morgan fingerprint density at radius 3 is 2.60 bits per heavy atom. The summed E-state index contributed by atoms with van der Waals surface area (Å²) in [6.07, 6.45) is 1.71. The zero-order valence-corrected chi connectivity index (χ0v) is 10.4. The van der Waals surface area contributed by atoms with E-state index in [1.165, 1.54) is 6.07 Å². The van der Waals surface area contributed by atoms with Gasteiger partial charge in [-0.2, -0.15) is 0 Å². The van der Waals surface area contributed by atoms with Gasteiger partial charge in [0, 0.05) is 22.7 Å². The number of benzene rings is 1. The molecule has 3 rings (SSSR count). The summed E-state index contributed by atoms with van der Waals surface area (Å²) < 4.78 is 0. The molecule has 0 atom stereocenters. The third-order valence-electron chi connectivity index (χ3n) is 3.07. The summed E-state index contributed by atoms with van der Waals surface area (Å²) in [5.74, 6) is -0.914. The highest BCUT2D eigenvalue weighted by Crippen LogP contribution is 2.30. The maximum absolute atomic E-state index is 10.9. The number of hydrogen-bond donors (Lipinski definition) is 2. The summed E-state index contributed by atoms with van der Waals surface area (Å²) in [5.41, 5.74) is 8.14. The zero-order valence-electron chi connectivity index (χ0n) is 10.4. The van der Waals surface area contributed by atoms with Gasteiger partial charge in [-0.3, -0.25) is 4.98 Å². The highest BCUT2D eigenvalue weighted by atomic mass is 16.4. The molecule has 3 N–H and O–H groups in total. The maximum atomic E-state index is 10.9. The molecule has 98 valence electrons.